The van der Waals surface area contributed by atoms with Crippen LogP contribution >= 0.6 is 0 Å². The maximum absolute atomic E-state index is 13.5. The third-order valence-electron chi connectivity index (χ3n) is 7.04. The molecule has 33 heavy (non-hydrogen) atoms. The first-order chi connectivity index (χ1) is 15.8. The summed E-state index contributed by atoms with van der Waals surface area (Å²) < 4.78 is 27.1. The Morgan fingerprint density at radius 2 is 1.73 bits per heavy atom. The summed E-state index contributed by atoms with van der Waals surface area (Å²) in [6.07, 6.45) is -0.225. The molecule has 3 aliphatic rings. The SMILES string of the molecule is O=C(CN1C(=O)NC2(CCC(F)(F)CC2)C1=O)c1ccc(-c2cccc3c2CCNC3)cc1. The number of nitrogens with zero attached hydrogens (tertiary/aromatic N) is 1. The highest BCUT2D eigenvalue weighted by Crippen LogP contribution is 2.41. The molecule has 2 aromatic rings. The largest absolute Gasteiger partial charge is 0.325 e. The van der Waals surface area contributed by atoms with Crippen molar-refractivity contribution in [2.75, 3.05) is 13.1 Å². The van der Waals surface area contributed by atoms with Gasteiger partial charge in [-0.05, 0) is 48.1 Å². The fourth-order valence-electron chi connectivity index (χ4n) is 5.07. The molecule has 2 N–H and O–H groups in total. The van der Waals surface area contributed by atoms with E-state index in [0.717, 1.165) is 35.5 Å². The minimum atomic E-state index is -2.82. The van der Waals surface area contributed by atoms with Crippen LogP contribution in [-0.4, -0.2) is 47.2 Å². The normalized spacial score (nSPS) is 21.1. The standard InChI is InChI=1S/C25H25F2N3O3/c26-25(27)11-9-24(10-12-25)22(32)30(23(33)29-24)15-21(31)17-6-4-16(5-7-17)19-3-1-2-18-14-28-13-8-20(18)19/h1-7,28H,8-15H2,(H,29,33). The van der Waals surface area contributed by atoms with Gasteiger partial charge in [-0.25, -0.2) is 13.6 Å². The number of Topliss-reactive ketones (excluding diaryl/α,β-unsaturated/α-hetero) is 1. The van der Waals surface area contributed by atoms with E-state index in [0.29, 0.717) is 5.56 Å². The minimum absolute atomic E-state index is 0.124. The van der Waals surface area contributed by atoms with Gasteiger partial charge in [-0.1, -0.05) is 42.5 Å². The fraction of sp³-hybridized carbons (Fsp3) is 0.400. The van der Waals surface area contributed by atoms with Crippen LogP contribution < -0.4 is 10.6 Å². The van der Waals surface area contributed by atoms with Gasteiger partial charge in [0.15, 0.2) is 5.78 Å². The van der Waals surface area contributed by atoms with Crippen LogP contribution in [0.2, 0.25) is 0 Å². The molecular weight excluding hydrogens is 428 g/mol. The summed E-state index contributed by atoms with van der Waals surface area (Å²) in [6.45, 7) is 1.35. The molecular formula is C25H25F2N3O3. The lowest BCUT2D eigenvalue weighted by atomic mass is 9.80. The van der Waals surface area contributed by atoms with E-state index in [4.69, 9.17) is 0 Å². The molecule has 0 atom stereocenters. The molecule has 0 aromatic heterocycles. The number of nitrogens with one attached hydrogen (secondary N) is 2. The van der Waals surface area contributed by atoms with E-state index in [1.807, 2.05) is 18.2 Å². The third kappa shape index (κ3) is 3.93. The first-order valence-electron chi connectivity index (χ1n) is 11.3. The predicted molar refractivity (Wildman–Crippen MR) is 118 cm³/mol. The average Bonchev–Trinajstić information content (AvgIpc) is 3.05. The van der Waals surface area contributed by atoms with E-state index in [-0.39, 0.29) is 18.6 Å². The van der Waals surface area contributed by atoms with Crippen molar-refractivity contribution in [3.8, 4) is 11.1 Å². The van der Waals surface area contributed by atoms with Gasteiger partial charge in [-0.3, -0.25) is 14.5 Å². The van der Waals surface area contributed by atoms with Gasteiger partial charge in [-0.2, -0.15) is 0 Å². The van der Waals surface area contributed by atoms with Gasteiger partial charge < -0.3 is 10.6 Å². The zero-order valence-corrected chi connectivity index (χ0v) is 18.1. The van der Waals surface area contributed by atoms with Crippen molar-refractivity contribution in [2.45, 2.75) is 50.1 Å². The molecule has 0 radical (unpaired) electrons. The third-order valence-corrected chi connectivity index (χ3v) is 7.04. The molecule has 1 aliphatic carbocycles. The molecule has 2 aromatic carbocycles. The Morgan fingerprint density at radius 1 is 1.00 bits per heavy atom. The summed E-state index contributed by atoms with van der Waals surface area (Å²) in [5.74, 6) is -3.78. The monoisotopic (exact) mass is 453 g/mol. The summed E-state index contributed by atoms with van der Waals surface area (Å²) in [4.78, 5) is 39.0. The van der Waals surface area contributed by atoms with Gasteiger partial charge in [-0.15, -0.1) is 0 Å². The molecule has 1 saturated carbocycles. The van der Waals surface area contributed by atoms with E-state index in [2.05, 4.69) is 22.8 Å². The van der Waals surface area contributed by atoms with E-state index in [1.54, 1.807) is 12.1 Å². The second kappa shape index (κ2) is 8.02. The molecule has 0 unspecified atom stereocenters. The van der Waals surface area contributed by atoms with Crippen LogP contribution in [0.5, 0.6) is 0 Å². The number of amides is 3. The Labute approximate surface area is 190 Å². The van der Waals surface area contributed by atoms with Crippen LogP contribution in [0.3, 0.4) is 0 Å². The maximum atomic E-state index is 13.5. The van der Waals surface area contributed by atoms with Crippen molar-refractivity contribution < 1.29 is 23.2 Å². The highest BCUT2D eigenvalue weighted by Gasteiger charge is 2.55. The number of benzene rings is 2. The van der Waals surface area contributed by atoms with Crippen molar-refractivity contribution in [1.82, 2.24) is 15.5 Å². The van der Waals surface area contributed by atoms with Gasteiger partial charge in [0.25, 0.3) is 5.91 Å². The minimum Gasteiger partial charge on any atom is -0.323 e. The number of carbonyl (C=O) groups is 3. The fourth-order valence-corrected chi connectivity index (χ4v) is 5.07. The van der Waals surface area contributed by atoms with Gasteiger partial charge in [0.05, 0.1) is 6.54 Å². The number of urea groups is 1. The van der Waals surface area contributed by atoms with Gasteiger partial charge in [0.2, 0.25) is 5.92 Å². The van der Waals surface area contributed by atoms with Crippen LogP contribution in [-0.2, 0) is 17.8 Å². The lowest BCUT2D eigenvalue weighted by Gasteiger charge is -2.34. The summed E-state index contributed by atoms with van der Waals surface area (Å²) >= 11 is 0. The van der Waals surface area contributed by atoms with Crippen molar-refractivity contribution in [3.05, 3.63) is 59.2 Å². The number of halogens is 2. The quantitative estimate of drug-likeness (QED) is 0.547. The van der Waals surface area contributed by atoms with Gasteiger partial charge in [0.1, 0.15) is 5.54 Å². The first kappa shape index (κ1) is 21.7. The Hall–Kier alpha value is -3.13. The molecule has 0 bridgehead atoms. The molecule has 6 nitrogen and oxygen atoms in total. The van der Waals surface area contributed by atoms with E-state index in [1.165, 1.54) is 11.1 Å². The molecule has 2 fully saturated rings. The number of fused-ring (bicyclic) bond motifs is 1. The number of alkyl halides is 2. The number of carbonyl (C=O) groups excluding carboxylic acids is 3. The van der Waals surface area contributed by atoms with E-state index in [9.17, 15) is 23.2 Å². The summed E-state index contributed by atoms with van der Waals surface area (Å²) in [5.41, 5.74) is 3.79. The molecule has 1 saturated heterocycles. The highest BCUT2D eigenvalue weighted by atomic mass is 19.3. The summed E-state index contributed by atoms with van der Waals surface area (Å²) in [5, 5.41) is 5.93. The number of rotatable bonds is 4. The lowest BCUT2D eigenvalue weighted by Crippen LogP contribution is -2.51. The molecule has 3 amide bonds. The van der Waals surface area contributed by atoms with Crippen molar-refractivity contribution >= 4 is 17.7 Å². The lowest BCUT2D eigenvalue weighted by molar-refractivity contribution is -0.135. The Bertz CT molecular complexity index is 1120. The smallest absolute Gasteiger partial charge is 0.323 e. The number of imide groups is 1. The molecule has 1 spiro atoms. The zero-order chi connectivity index (χ0) is 23.2. The highest BCUT2D eigenvalue weighted by molar-refractivity contribution is 6.11. The molecule has 8 heteroatoms. The van der Waals surface area contributed by atoms with Crippen LogP contribution in [0.15, 0.2) is 42.5 Å². The molecule has 2 heterocycles. The zero-order valence-electron chi connectivity index (χ0n) is 18.1. The summed E-state index contributed by atoms with van der Waals surface area (Å²) in [7, 11) is 0. The molecule has 2 aliphatic heterocycles. The second-order valence-corrected chi connectivity index (χ2v) is 9.13. The molecule has 5 rings (SSSR count). The van der Waals surface area contributed by atoms with Crippen LogP contribution in [0.1, 0.15) is 47.2 Å². The van der Waals surface area contributed by atoms with Gasteiger partial charge >= 0.3 is 6.03 Å². The van der Waals surface area contributed by atoms with Gasteiger partial charge in [0, 0.05) is 24.9 Å². The molecule has 172 valence electrons. The predicted octanol–water partition coefficient (Wildman–Crippen LogP) is 3.68. The topological polar surface area (TPSA) is 78.5 Å². The van der Waals surface area contributed by atoms with Crippen LogP contribution in [0.4, 0.5) is 13.6 Å². The van der Waals surface area contributed by atoms with Crippen LogP contribution in [0, 0.1) is 0 Å². The Morgan fingerprint density at radius 3 is 2.45 bits per heavy atom. The Balaban J connectivity index is 1.30. The number of ketones is 1. The van der Waals surface area contributed by atoms with Crippen molar-refractivity contribution in [2.24, 2.45) is 0 Å². The maximum Gasteiger partial charge on any atom is 0.325 e. The second-order valence-electron chi connectivity index (χ2n) is 9.13. The number of hydrogen-bond acceptors (Lipinski definition) is 4. The number of hydrogen-bond donors (Lipinski definition) is 2. The summed E-state index contributed by atoms with van der Waals surface area (Å²) in [6, 6.07) is 12.7. The average molecular weight is 453 g/mol. The first-order valence-corrected chi connectivity index (χ1v) is 11.3. The van der Waals surface area contributed by atoms with Crippen molar-refractivity contribution in [3.63, 3.8) is 0 Å². The van der Waals surface area contributed by atoms with Crippen molar-refractivity contribution in [1.29, 1.82) is 0 Å². The van der Waals surface area contributed by atoms with E-state index >= 15 is 0 Å². The Kier molecular flexibility index (Phi) is 5.28. The van der Waals surface area contributed by atoms with E-state index < -0.39 is 42.8 Å². The van der Waals surface area contributed by atoms with Crippen LogP contribution in [0.25, 0.3) is 11.1 Å².